The van der Waals surface area contributed by atoms with E-state index in [2.05, 4.69) is 0 Å². The minimum atomic E-state index is 0. The first-order valence-corrected chi connectivity index (χ1v) is 0. The van der Waals surface area contributed by atoms with Crippen molar-refractivity contribution >= 4 is 0 Å². The summed E-state index contributed by atoms with van der Waals surface area (Å²) in [7, 11) is 0. The van der Waals surface area contributed by atoms with E-state index in [0.717, 1.165) is 0 Å². The SMILES string of the molecule is [Co].[Cr].[Fe].[Mn].[Ni].[Zn].[Zr]. The number of hydrogen-bond acceptors (Lipinski definition) is 0. The second-order valence-electron chi connectivity index (χ2n) is 0. The van der Waals surface area contributed by atoms with Gasteiger partial charge >= 0.3 is 0 Å². The molecule has 0 aromatic heterocycles. The van der Waals surface area contributed by atoms with E-state index in [1.54, 1.807) is 0 Å². The summed E-state index contributed by atoms with van der Waals surface area (Å²) in [5.41, 5.74) is 0. The molecule has 0 N–H and O–H groups in total. The van der Waals surface area contributed by atoms with Crippen LogP contribution >= 0.6 is 0 Å². The van der Waals surface area contributed by atoms with Crippen LogP contribution in [0.2, 0.25) is 0 Å². The molecule has 0 fully saturated rings. The van der Waals surface area contributed by atoms with E-state index in [9.17, 15) is 0 Å². The van der Waals surface area contributed by atoms with Crippen molar-refractivity contribution in [2.75, 3.05) is 0 Å². The minimum absolute atomic E-state index is 0. The fourth-order valence-electron chi connectivity index (χ4n) is 0. The van der Waals surface area contributed by atoms with Gasteiger partial charge in [0.1, 0.15) is 0 Å². The molecule has 0 aliphatic heterocycles. The smallest absolute Gasteiger partial charge is 0 e. The summed E-state index contributed by atoms with van der Waals surface area (Å²) in [5.74, 6) is 0. The molecule has 0 atom stereocenters. The molecule has 7 heteroatoms. The van der Waals surface area contributed by atoms with Crippen molar-refractivity contribution in [2.45, 2.75) is 0 Å². The summed E-state index contributed by atoms with van der Waals surface area (Å²) < 4.78 is 0. The molecule has 46 valence electrons. The first-order chi connectivity index (χ1) is 0. The zero-order chi connectivity index (χ0) is 0. The van der Waals surface area contributed by atoms with Gasteiger partial charge in [0.15, 0.2) is 0 Å². The van der Waals surface area contributed by atoms with Crippen molar-refractivity contribution in [3.05, 3.63) is 0 Å². The Balaban J connectivity index is 0. The average molecular weight is 437 g/mol. The maximum atomic E-state index is 0. The molecule has 0 amide bonds. The van der Waals surface area contributed by atoms with Crippen LogP contribution in [0, 0.1) is 0 Å². The third-order valence-electron chi connectivity index (χ3n) is 0. The summed E-state index contributed by atoms with van der Waals surface area (Å²) in [6, 6.07) is 0. The van der Waals surface area contributed by atoms with Crippen LogP contribution in [0.4, 0.5) is 0 Å². The van der Waals surface area contributed by atoms with Gasteiger partial charge in [0.2, 0.25) is 0 Å². The molecule has 0 saturated carbocycles. The van der Waals surface area contributed by atoms with Gasteiger partial charge in [0, 0.05) is 130 Å². The molecule has 7 heavy (non-hydrogen) atoms. The molecule has 2 radical (unpaired) electrons. The van der Waals surface area contributed by atoms with Crippen LogP contribution < -0.4 is 0 Å². The molecule has 0 spiro atoms. The van der Waals surface area contributed by atoms with E-state index in [1.807, 2.05) is 0 Å². The summed E-state index contributed by atoms with van der Waals surface area (Å²) in [6.45, 7) is 0. The Morgan fingerprint density at radius 1 is 1.00 bits per heavy atom. The van der Waals surface area contributed by atoms with E-state index in [-0.39, 0.29) is 130 Å². The first kappa shape index (κ1) is 67.7. The molecule has 0 rings (SSSR count). The second kappa shape index (κ2) is 49.9. The zero-order valence-electron chi connectivity index (χ0n) is 3.00. The van der Waals surface area contributed by atoms with Crippen LogP contribution in [0.15, 0.2) is 0 Å². The van der Waals surface area contributed by atoms with E-state index >= 15 is 0 Å². The van der Waals surface area contributed by atoms with E-state index in [4.69, 9.17) is 0 Å². The standard InChI is InChI=1S/Co.Cr.Fe.Mn.Ni.Zn.Zr. The molecular weight excluding hydrogens is 437 g/mol. The van der Waals surface area contributed by atoms with Crippen LogP contribution in [0.3, 0.4) is 0 Å². The molecule has 0 saturated heterocycles. The van der Waals surface area contributed by atoms with E-state index in [1.165, 1.54) is 0 Å². The molecule has 0 aliphatic rings. The Kier molecular flexibility index (Phi) is 483. The summed E-state index contributed by atoms with van der Waals surface area (Å²) in [5, 5.41) is 0. The van der Waals surface area contributed by atoms with Crippen LogP contribution in [-0.2, 0) is 130 Å². The van der Waals surface area contributed by atoms with Crippen molar-refractivity contribution < 1.29 is 130 Å². The second-order valence-corrected chi connectivity index (χ2v) is 0. The molecule has 0 aliphatic carbocycles. The zero-order valence-corrected chi connectivity index (χ0v) is 14.0. The molecule has 0 aromatic rings. The normalized spacial score (nSPS) is 0. The number of rotatable bonds is 0. The fourth-order valence-corrected chi connectivity index (χ4v) is 0. The Bertz CT molecular complexity index is 19.7. The molecule has 0 aromatic carbocycles. The largest absolute Gasteiger partial charge is 0 e. The molecule has 0 heterocycles. The van der Waals surface area contributed by atoms with Gasteiger partial charge in [-0.15, -0.1) is 0 Å². The maximum absolute atomic E-state index is 0. The first-order valence-electron chi connectivity index (χ1n) is 0. The van der Waals surface area contributed by atoms with Gasteiger partial charge < -0.3 is 0 Å². The van der Waals surface area contributed by atoms with Crippen molar-refractivity contribution in [3.8, 4) is 0 Å². The van der Waals surface area contributed by atoms with Gasteiger partial charge in [-0.3, -0.25) is 0 Å². The number of hydrogen-bond donors (Lipinski definition) is 0. The third kappa shape index (κ3) is 39.5. The van der Waals surface area contributed by atoms with Crippen molar-refractivity contribution in [1.82, 2.24) is 0 Å². The van der Waals surface area contributed by atoms with E-state index in [0.29, 0.717) is 0 Å². The Hall–Kier alpha value is 4.08. The van der Waals surface area contributed by atoms with Gasteiger partial charge in [-0.05, 0) is 0 Å². The van der Waals surface area contributed by atoms with Gasteiger partial charge in [0.25, 0.3) is 0 Å². The Morgan fingerprint density at radius 3 is 1.00 bits per heavy atom. The van der Waals surface area contributed by atoms with E-state index < -0.39 is 0 Å². The van der Waals surface area contributed by atoms with Crippen LogP contribution in [0.1, 0.15) is 0 Å². The summed E-state index contributed by atoms with van der Waals surface area (Å²) in [6.07, 6.45) is 0. The Labute approximate surface area is 128 Å². The maximum Gasteiger partial charge on any atom is 0 e. The predicted octanol–water partition coefficient (Wildman–Crippen LogP) is -0.0175. The molecule has 0 nitrogen and oxygen atoms in total. The minimum Gasteiger partial charge on any atom is 0 e. The van der Waals surface area contributed by atoms with Crippen LogP contribution in [0.5, 0.6) is 0 Å². The third-order valence-corrected chi connectivity index (χ3v) is 0. The van der Waals surface area contributed by atoms with Gasteiger partial charge in [-0.25, -0.2) is 0 Å². The molecular formula is CoCrFeMnNiZnZr. The van der Waals surface area contributed by atoms with Crippen molar-refractivity contribution in [1.29, 1.82) is 0 Å². The van der Waals surface area contributed by atoms with Gasteiger partial charge in [-0.2, -0.15) is 0 Å². The Morgan fingerprint density at radius 2 is 1.00 bits per heavy atom. The molecule has 0 unspecified atom stereocenters. The molecule has 0 bridgehead atoms. The fraction of sp³-hybridized carbons (Fsp3) is 0. The van der Waals surface area contributed by atoms with Crippen LogP contribution in [-0.4, -0.2) is 0 Å². The van der Waals surface area contributed by atoms with Gasteiger partial charge in [0.05, 0.1) is 0 Å². The monoisotopic (exact) mass is 434 g/mol. The summed E-state index contributed by atoms with van der Waals surface area (Å²) in [4.78, 5) is 0. The summed E-state index contributed by atoms with van der Waals surface area (Å²) >= 11 is 0. The van der Waals surface area contributed by atoms with Crippen molar-refractivity contribution in [2.24, 2.45) is 0 Å². The average Bonchev–Trinajstić information content (AvgIpc) is 0. The topological polar surface area (TPSA) is 0 Å². The quantitative estimate of drug-likeness (QED) is 0.468. The van der Waals surface area contributed by atoms with Crippen molar-refractivity contribution in [3.63, 3.8) is 0 Å². The van der Waals surface area contributed by atoms with Gasteiger partial charge in [-0.1, -0.05) is 0 Å². The van der Waals surface area contributed by atoms with Crippen LogP contribution in [0.25, 0.3) is 0 Å². The predicted molar refractivity (Wildman–Crippen MR) is 0 cm³/mol.